The molecule has 0 bridgehead atoms. The van der Waals surface area contributed by atoms with Gasteiger partial charge in [-0.3, -0.25) is 0 Å². The molecule has 0 radical (unpaired) electrons. The highest BCUT2D eigenvalue weighted by Crippen LogP contribution is 2.29. The molecular formula is C12H9ClN4O. The van der Waals surface area contributed by atoms with Gasteiger partial charge in [0.05, 0.1) is 5.02 Å². The maximum Gasteiger partial charge on any atom is 0.323 e. The van der Waals surface area contributed by atoms with Crippen LogP contribution in [0.4, 0.5) is 5.69 Å². The van der Waals surface area contributed by atoms with Crippen molar-refractivity contribution in [2.45, 2.75) is 6.92 Å². The van der Waals surface area contributed by atoms with Gasteiger partial charge in [-0.05, 0) is 25.1 Å². The van der Waals surface area contributed by atoms with Crippen molar-refractivity contribution in [1.29, 1.82) is 5.26 Å². The van der Waals surface area contributed by atoms with E-state index in [1.165, 1.54) is 0 Å². The van der Waals surface area contributed by atoms with Crippen molar-refractivity contribution in [2.75, 3.05) is 5.73 Å². The number of hydrogen-bond donors (Lipinski definition) is 1. The van der Waals surface area contributed by atoms with Crippen LogP contribution in [-0.2, 0) is 0 Å². The van der Waals surface area contributed by atoms with Crippen LogP contribution >= 0.6 is 11.6 Å². The second-order valence-corrected chi connectivity index (χ2v) is 3.99. The van der Waals surface area contributed by atoms with E-state index < -0.39 is 0 Å². The first-order chi connectivity index (χ1) is 8.58. The number of halogens is 1. The molecule has 5 nitrogen and oxygen atoms in total. The Balaban J connectivity index is 2.37. The molecular weight excluding hydrogens is 252 g/mol. The molecule has 0 aliphatic rings. The third kappa shape index (κ3) is 2.67. The van der Waals surface area contributed by atoms with Crippen molar-refractivity contribution in [2.24, 2.45) is 0 Å². The molecule has 0 saturated heterocycles. The van der Waals surface area contributed by atoms with Gasteiger partial charge in [0.15, 0.2) is 5.75 Å². The zero-order valence-corrected chi connectivity index (χ0v) is 10.3. The van der Waals surface area contributed by atoms with Crippen LogP contribution in [0.25, 0.3) is 0 Å². The Morgan fingerprint density at radius 3 is 2.83 bits per heavy atom. The summed E-state index contributed by atoms with van der Waals surface area (Å²) in [6.07, 6.45) is 0. The van der Waals surface area contributed by atoms with Gasteiger partial charge in [-0.25, -0.2) is 4.98 Å². The minimum absolute atomic E-state index is 0.0686. The van der Waals surface area contributed by atoms with Crippen LogP contribution in [0, 0.1) is 18.3 Å². The minimum Gasteiger partial charge on any atom is -0.423 e. The van der Waals surface area contributed by atoms with E-state index in [1.54, 1.807) is 31.2 Å². The summed E-state index contributed by atoms with van der Waals surface area (Å²) in [5.41, 5.74) is 7.02. The molecule has 1 aromatic carbocycles. The van der Waals surface area contributed by atoms with E-state index in [-0.39, 0.29) is 11.7 Å². The molecule has 0 aliphatic heterocycles. The Morgan fingerprint density at radius 1 is 1.33 bits per heavy atom. The van der Waals surface area contributed by atoms with Crippen molar-refractivity contribution in [3.05, 3.63) is 40.7 Å². The number of ether oxygens (including phenoxy) is 1. The van der Waals surface area contributed by atoms with E-state index in [4.69, 9.17) is 27.3 Å². The number of nitrogen functional groups attached to an aromatic ring is 1. The lowest BCUT2D eigenvalue weighted by Crippen LogP contribution is -1.97. The van der Waals surface area contributed by atoms with Gasteiger partial charge < -0.3 is 10.5 Å². The number of aromatic nitrogens is 2. The molecule has 2 rings (SSSR count). The van der Waals surface area contributed by atoms with Gasteiger partial charge in [0.1, 0.15) is 11.8 Å². The Labute approximate surface area is 109 Å². The highest BCUT2D eigenvalue weighted by atomic mass is 35.5. The van der Waals surface area contributed by atoms with Gasteiger partial charge in [-0.2, -0.15) is 10.2 Å². The number of nitrogens with zero attached hydrogens (tertiary/aromatic N) is 3. The number of nitrogens with two attached hydrogens (primary N) is 1. The van der Waals surface area contributed by atoms with Gasteiger partial charge in [-0.1, -0.05) is 11.6 Å². The van der Waals surface area contributed by atoms with Crippen molar-refractivity contribution >= 4 is 17.3 Å². The van der Waals surface area contributed by atoms with Crippen molar-refractivity contribution in [3.8, 4) is 17.8 Å². The first kappa shape index (κ1) is 12.1. The highest BCUT2D eigenvalue weighted by molar-refractivity contribution is 6.32. The fourth-order valence-corrected chi connectivity index (χ4v) is 1.50. The maximum absolute atomic E-state index is 8.81. The Bertz CT molecular complexity index is 636. The first-order valence-corrected chi connectivity index (χ1v) is 5.45. The predicted molar refractivity (Wildman–Crippen MR) is 67.4 cm³/mol. The van der Waals surface area contributed by atoms with E-state index >= 15 is 0 Å². The van der Waals surface area contributed by atoms with Gasteiger partial charge in [0, 0.05) is 17.4 Å². The van der Waals surface area contributed by atoms with Crippen molar-refractivity contribution in [1.82, 2.24) is 9.97 Å². The van der Waals surface area contributed by atoms with Crippen LogP contribution in [0.15, 0.2) is 24.3 Å². The summed E-state index contributed by atoms with van der Waals surface area (Å²) in [7, 11) is 0. The Morgan fingerprint density at radius 2 is 2.11 bits per heavy atom. The van der Waals surface area contributed by atoms with Crippen LogP contribution in [0.2, 0.25) is 5.02 Å². The normalized spacial score (nSPS) is 9.83. The van der Waals surface area contributed by atoms with Crippen LogP contribution in [0.1, 0.15) is 11.4 Å². The molecule has 2 N–H and O–H groups in total. The van der Waals surface area contributed by atoms with Crippen LogP contribution in [0.3, 0.4) is 0 Å². The Hall–Kier alpha value is -2.32. The highest BCUT2D eigenvalue weighted by Gasteiger charge is 2.08. The van der Waals surface area contributed by atoms with E-state index in [0.717, 1.165) is 0 Å². The molecule has 18 heavy (non-hydrogen) atoms. The molecule has 0 aliphatic carbocycles. The van der Waals surface area contributed by atoms with Crippen LogP contribution in [0.5, 0.6) is 11.8 Å². The van der Waals surface area contributed by atoms with E-state index in [2.05, 4.69) is 9.97 Å². The molecule has 0 spiro atoms. The third-order valence-corrected chi connectivity index (χ3v) is 2.42. The lowest BCUT2D eigenvalue weighted by atomic mass is 10.3. The van der Waals surface area contributed by atoms with E-state index in [0.29, 0.717) is 22.2 Å². The van der Waals surface area contributed by atoms with Crippen LogP contribution < -0.4 is 10.5 Å². The lowest BCUT2D eigenvalue weighted by molar-refractivity contribution is 0.440. The summed E-state index contributed by atoms with van der Waals surface area (Å²) in [5, 5.41) is 9.21. The van der Waals surface area contributed by atoms with E-state index in [1.807, 2.05) is 6.07 Å². The zero-order chi connectivity index (χ0) is 13.1. The molecule has 0 unspecified atom stereocenters. The molecule has 0 fully saturated rings. The SMILES string of the molecule is Cc1cc(C#N)nc(Oc2cc(N)ccc2Cl)n1. The molecule has 90 valence electrons. The van der Waals surface area contributed by atoms with E-state index in [9.17, 15) is 0 Å². The number of rotatable bonds is 2. The summed E-state index contributed by atoms with van der Waals surface area (Å²) in [6, 6.07) is 8.41. The van der Waals surface area contributed by atoms with Gasteiger partial charge in [-0.15, -0.1) is 0 Å². The molecule has 6 heteroatoms. The zero-order valence-electron chi connectivity index (χ0n) is 9.51. The predicted octanol–water partition coefficient (Wildman–Crippen LogP) is 2.68. The molecule has 0 atom stereocenters. The molecule has 1 aromatic heterocycles. The summed E-state index contributed by atoms with van der Waals surface area (Å²) in [4.78, 5) is 7.99. The number of anilines is 1. The summed E-state index contributed by atoms with van der Waals surface area (Å²) >= 11 is 5.96. The molecule has 0 saturated carbocycles. The fraction of sp³-hybridized carbons (Fsp3) is 0.0833. The average molecular weight is 261 g/mol. The van der Waals surface area contributed by atoms with Crippen molar-refractivity contribution in [3.63, 3.8) is 0 Å². The lowest BCUT2D eigenvalue weighted by Gasteiger charge is -2.07. The smallest absolute Gasteiger partial charge is 0.323 e. The van der Waals surface area contributed by atoms with Gasteiger partial charge in [0.2, 0.25) is 0 Å². The average Bonchev–Trinajstić information content (AvgIpc) is 2.33. The second kappa shape index (κ2) is 4.90. The summed E-state index contributed by atoms with van der Waals surface area (Å²) in [5.74, 6) is 0.353. The monoisotopic (exact) mass is 260 g/mol. The van der Waals surface area contributed by atoms with Gasteiger partial charge >= 0.3 is 6.01 Å². The largest absolute Gasteiger partial charge is 0.423 e. The standard InChI is InChI=1S/C12H9ClN4O/c1-7-4-9(6-14)17-12(16-7)18-11-5-8(15)2-3-10(11)13/h2-5H,15H2,1H3. The second-order valence-electron chi connectivity index (χ2n) is 3.58. The molecule has 2 aromatic rings. The molecule has 0 amide bonds. The quantitative estimate of drug-likeness (QED) is 0.839. The first-order valence-electron chi connectivity index (χ1n) is 5.07. The summed E-state index contributed by atoms with van der Waals surface area (Å²) < 4.78 is 5.43. The number of aryl methyl sites for hydroxylation is 1. The number of hydrogen-bond acceptors (Lipinski definition) is 5. The topological polar surface area (TPSA) is 84.8 Å². The summed E-state index contributed by atoms with van der Waals surface area (Å²) in [6.45, 7) is 1.75. The molecule has 1 heterocycles. The number of nitriles is 1. The fourth-order valence-electron chi connectivity index (χ4n) is 1.34. The third-order valence-electron chi connectivity index (χ3n) is 2.10. The van der Waals surface area contributed by atoms with Crippen molar-refractivity contribution < 1.29 is 4.74 Å². The van der Waals surface area contributed by atoms with Crippen LogP contribution in [-0.4, -0.2) is 9.97 Å². The van der Waals surface area contributed by atoms with Gasteiger partial charge in [0.25, 0.3) is 0 Å². The Kier molecular flexibility index (Phi) is 3.31. The number of benzene rings is 1. The maximum atomic E-state index is 8.81. The minimum atomic E-state index is 0.0686.